The smallest absolute Gasteiger partial charge is 0.106 e. The van der Waals surface area contributed by atoms with E-state index in [1.54, 1.807) is 0 Å². The van der Waals surface area contributed by atoms with E-state index < -0.39 is 0 Å². The van der Waals surface area contributed by atoms with Crippen LogP contribution >= 0.6 is 0 Å². The lowest BCUT2D eigenvalue weighted by atomic mass is 10.7. The van der Waals surface area contributed by atoms with Crippen LogP contribution in [-0.2, 0) is 4.79 Å². The van der Waals surface area contributed by atoms with Gasteiger partial charge in [-0.3, -0.25) is 0 Å². The van der Waals surface area contributed by atoms with E-state index >= 15 is 0 Å². The summed E-state index contributed by atoms with van der Waals surface area (Å²) in [6, 6.07) is 3.89. The van der Waals surface area contributed by atoms with Crippen molar-refractivity contribution in [3.8, 4) is 0 Å². The molecule has 38 valence electrons. The van der Waals surface area contributed by atoms with Crippen molar-refractivity contribution in [1.82, 2.24) is 4.98 Å². The Hall–Kier alpha value is -1.05. The number of H-pyrrole nitrogens is 1. The van der Waals surface area contributed by atoms with Crippen LogP contribution in [0.15, 0.2) is 24.5 Å². The van der Waals surface area contributed by atoms with Gasteiger partial charge >= 0.3 is 0 Å². The molecule has 0 aliphatic heterocycles. The summed E-state index contributed by atoms with van der Waals surface area (Å²) in [5.41, 5.74) is 0. The molecule has 2 heteroatoms. The average molecular weight is 97.1 g/mol. The lowest BCUT2D eigenvalue weighted by molar-refractivity contribution is -0.0979. The van der Waals surface area contributed by atoms with Gasteiger partial charge in [0.25, 0.3) is 0 Å². The van der Waals surface area contributed by atoms with Gasteiger partial charge in [0, 0.05) is 12.4 Å². The lowest BCUT2D eigenvalue weighted by Gasteiger charge is -1.49. The van der Waals surface area contributed by atoms with Gasteiger partial charge in [-0.05, 0) is 12.1 Å². The van der Waals surface area contributed by atoms with Gasteiger partial charge in [0.05, 0.1) is 0 Å². The Kier molecular flexibility index (Phi) is 4.21. The fourth-order valence-electron chi connectivity index (χ4n) is 0.278. The van der Waals surface area contributed by atoms with E-state index in [-0.39, 0.29) is 0 Å². The largest absolute Gasteiger partial charge is 0.368 e. The SMILES string of the molecule is C=O.c1cc[nH]c1. The van der Waals surface area contributed by atoms with Crippen LogP contribution in [0.3, 0.4) is 0 Å². The van der Waals surface area contributed by atoms with E-state index in [1.807, 2.05) is 31.3 Å². The number of rotatable bonds is 0. The zero-order valence-corrected chi connectivity index (χ0v) is 3.92. The zero-order valence-electron chi connectivity index (χ0n) is 3.92. The van der Waals surface area contributed by atoms with Gasteiger partial charge in [-0.1, -0.05) is 0 Å². The molecule has 0 aromatic carbocycles. The van der Waals surface area contributed by atoms with Crippen LogP contribution in [-0.4, -0.2) is 11.8 Å². The summed E-state index contributed by atoms with van der Waals surface area (Å²) in [7, 11) is 0. The summed E-state index contributed by atoms with van der Waals surface area (Å²) in [5, 5.41) is 0. The molecular formula is C5H7NO. The third kappa shape index (κ3) is 2.76. The lowest BCUT2D eigenvalue weighted by Crippen LogP contribution is -1.38. The summed E-state index contributed by atoms with van der Waals surface area (Å²) >= 11 is 0. The highest BCUT2D eigenvalue weighted by Crippen LogP contribution is 1.72. The molecule has 1 aromatic heterocycles. The maximum Gasteiger partial charge on any atom is 0.106 e. The number of aromatic nitrogens is 1. The second kappa shape index (κ2) is 4.95. The van der Waals surface area contributed by atoms with Crippen LogP contribution < -0.4 is 0 Å². The van der Waals surface area contributed by atoms with E-state index in [1.165, 1.54) is 0 Å². The molecule has 0 fully saturated rings. The normalized spacial score (nSPS) is 6.29. The van der Waals surface area contributed by atoms with Gasteiger partial charge in [0.2, 0.25) is 0 Å². The molecule has 0 bridgehead atoms. The minimum Gasteiger partial charge on any atom is -0.368 e. The maximum absolute atomic E-state index is 8.00. The molecule has 0 spiro atoms. The second-order valence-corrected chi connectivity index (χ2v) is 0.885. The van der Waals surface area contributed by atoms with Crippen molar-refractivity contribution >= 4 is 6.79 Å². The van der Waals surface area contributed by atoms with Crippen molar-refractivity contribution in [2.45, 2.75) is 0 Å². The minimum atomic E-state index is 1.88. The molecule has 0 unspecified atom stereocenters. The zero-order chi connectivity index (χ0) is 5.54. The highest BCUT2D eigenvalue weighted by atomic mass is 16.1. The summed E-state index contributed by atoms with van der Waals surface area (Å²) in [6.45, 7) is 2.00. The molecule has 2 nitrogen and oxygen atoms in total. The number of aromatic amines is 1. The maximum atomic E-state index is 8.00. The summed E-state index contributed by atoms with van der Waals surface area (Å²) in [4.78, 5) is 10.9. The molecule has 0 aliphatic rings. The van der Waals surface area contributed by atoms with Crippen LogP contribution in [0.2, 0.25) is 0 Å². The van der Waals surface area contributed by atoms with Crippen LogP contribution in [0.1, 0.15) is 0 Å². The molecule has 0 saturated carbocycles. The standard InChI is InChI=1S/C4H5N.CH2O/c1-2-4-5-3-1;1-2/h1-5H;1H2. The first-order chi connectivity index (χ1) is 3.50. The first-order valence-corrected chi connectivity index (χ1v) is 1.87. The van der Waals surface area contributed by atoms with E-state index in [4.69, 9.17) is 4.79 Å². The Morgan fingerprint density at radius 2 is 1.57 bits per heavy atom. The molecule has 1 aromatic rings. The first kappa shape index (κ1) is 5.95. The van der Waals surface area contributed by atoms with E-state index in [0.717, 1.165) is 0 Å². The van der Waals surface area contributed by atoms with Crippen molar-refractivity contribution < 1.29 is 4.79 Å². The fourth-order valence-corrected chi connectivity index (χ4v) is 0.278. The van der Waals surface area contributed by atoms with Crippen molar-refractivity contribution in [2.24, 2.45) is 0 Å². The molecular weight excluding hydrogens is 90.1 g/mol. The van der Waals surface area contributed by atoms with E-state index in [2.05, 4.69) is 4.98 Å². The molecule has 7 heavy (non-hydrogen) atoms. The average Bonchev–Trinajstić information content (AvgIpc) is 2.23. The second-order valence-electron chi connectivity index (χ2n) is 0.885. The quantitative estimate of drug-likeness (QED) is 0.511. The summed E-state index contributed by atoms with van der Waals surface area (Å²) in [6.07, 6.45) is 3.75. The Morgan fingerprint density at radius 3 is 1.71 bits per heavy atom. The van der Waals surface area contributed by atoms with Gasteiger partial charge in [0.15, 0.2) is 0 Å². The third-order valence-corrected chi connectivity index (χ3v) is 0.496. The number of carbonyl (C=O) groups excluding carboxylic acids is 1. The van der Waals surface area contributed by atoms with Crippen LogP contribution in [0, 0.1) is 0 Å². The van der Waals surface area contributed by atoms with E-state index in [0.29, 0.717) is 0 Å². The molecule has 0 radical (unpaired) electrons. The van der Waals surface area contributed by atoms with Crippen molar-refractivity contribution in [1.29, 1.82) is 0 Å². The summed E-state index contributed by atoms with van der Waals surface area (Å²) < 4.78 is 0. The van der Waals surface area contributed by atoms with E-state index in [9.17, 15) is 0 Å². The van der Waals surface area contributed by atoms with Crippen LogP contribution in [0.25, 0.3) is 0 Å². The molecule has 0 saturated heterocycles. The van der Waals surface area contributed by atoms with Crippen molar-refractivity contribution in [3.05, 3.63) is 24.5 Å². The van der Waals surface area contributed by atoms with Gasteiger partial charge < -0.3 is 9.78 Å². The number of hydrogen-bond donors (Lipinski definition) is 1. The van der Waals surface area contributed by atoms with Gasteiger partial charge in [-0.25, -0.2) is 0 Å². The monoisotopic (exact) mass is 97.1 g/mol. The fraction of sp³-hybridized carbons (Fsp3) is 0. The number of nitrogens with one attached hydrogen (secondary N) is 1. The van der Waals surface area contributed by atoms with Gasteiger partial charge in [-0.15, -0.1) is 0 Å². The molecule has 0 amide bonds. The summed E-state index contributed by atoms with van der Waals surface area (Å²) in [5.74, 6) is 0. The number of hydrogen-bond acceptors (Lipinski definition) is 1. The third-order valence-electron chi connectivity index (χ3n) is 0.496. The van der Waals surface area contributed by atoms with Gasteiger partial charge in [0.1, 0.15) is 6.79 Å². The topological polar surface area (TPSA) is 32.9 Å². The predicted octanol–water partition coefficient (Wildman–Crippen LogP) is 0.830. The van der Waals surface area contributed by atoms with Crippen LogP contribution in [0.4, 0.5) is 0 Å². The first-order valence-electron chi connectivity index (χ1n) is 1.87. The predicted molar refractivity (Wildman–Crippen MR) is 27.9 cm³/mol. The molecule has 0 aliphatic carbocycles. The molecule has 1 N–H and O–H groups in total. The Balaban J connectivity index is 0.000000162. The Morgan fingerprint density at radius 1 is 1.14 bits per heavy atom. The highest BCUT2D eigenvalue weighted by molar-refractivity contribution is 5.10. The Labute approximate surface area is 42.2 Å². The highest BCUT2D eigenvalue weighted by Gasteiger charge is 1.55. The molecule has 0 atom stereocenters. The number of carbonyl (C=O) groups is 1. The Bertz CT molecular complexity index is 75.0. The van der Waals surface area contributed by atoms with Crippen LogP contribution in [0.5, 0.6) is 0 Å². The van der Waals surface area contributed by atoms with Gasteiger partial charge in [-0.2, -0.15) is 0 Å². The van der Waals surface area contributed by atoms with Crippen molar-refractivity contribution in [3.63, 3.8) is 0 Å². The molecule has 1 rings (SSSR count). The molecule has 1 heterocycles. The van der Waals surface area contributed by atoms with Crippen molar-refractivity contribution in [2.75, 3.05) is 0 Å². The minimum absolute atomic E-state index is 1.88.